The maximum absolute atomic E-state index is 10.8. The lowest BCUT2D eigenvalue weighted by molar-refractivity contribution is -0.131. The number of hydrogen-bond donors (Lipinski definition) is 1. The third kappa shape index (κ3) is 4.30. The van der Waals surface area contributed by atoms with E-state index in [9.17, 15) is 4.79 Å². The number of carbonyl (C=O) groups is 1. The quantitative estimate of drug-likeness (QED) is 0.850. The van der Waals surface area contributed by atoms with Crippen LogP contribution in [0.1, 0.15) is 18.1 Å². The predicted octanol–water partition coefficient (Wildman–Crippen LogP) is 3.90. The highest BCUT2D eigenvalue weighted by Gasteiger charge is 2.04. The van der Waals surface area contributed by atoms with Gasteiger partial charge in [0.15, 0.2) is 0 Å². The van der Waals surface area contributed by atoms with Crippen LogP contribution in [0, 0.1) is 0 Å². The molecule has 0 aromatic heterocycles. The molecule has 0 saturated heterocycles. The van der Waals surface area contributed by atoms with Gasteiger partial charge < -0.3 is 10.0 Å². The summed E-state index contributed by atoms with van der Waals surface area (Å²) in [6.45, 7) is 2.71. The number of hydrogen-bond acceptors (Lipinski definition) is 2. The first kappa shape index (κ1) is 16.0. The van der Waals surface area contributed by atoms with Crippen LogP contribution in [0.25, 0.3) is 16.7 Å². The molecular formula is C19H21NO2. The van der Waals surface area contributed by atoms with Crippen molar-refractivity contribution < 1.29 is 9.90 Å². The number of rotatable bonds is 5. The molecule has 0 bridgehead atoms. The van der Waals surface area contributed by atoms with Crippen molar-refractivity contribution in [3.63, 3.8) is 0 Å². The van der Waals surface area contributed by atoms with Crippen LogP contribution in [-0.4, -0.2) is 30.1 Å². The number of carboxylic acids is 1. The summed E-state index contributed by atoms with van der Waals surface area (Å²) >= 11 is 0. The number of allylic oxidation sites excluding steroid dienone is 1. The molecule has 22 heavy (non-hydrogen) atoms. The molecule has 0 heterocycles. The van der Waals surface area contributed by atoms with Crippen molar-refractivity contribution in [3.05, 3.63) is 65.7 Å². The maximum Gasteiger partial charge on any atom is 0.328 e. The van der Waals surface area contributed by atoms with E-state index in [1.54, 1.807) is 0 Å². The van der Waals surface area contributed by atoms with Crippen molar-refractivity contribution in [1.29, 1.82) is 0 Å². The molecule has 0 aliphatic carbocycles. The molecule has 2 rings (SSSR count). The molecule has 0 aliphatic rings. The standard InChI is InChI=1S/C19H21NO2/c1-14(10-19(21)22)16-7-5-9-18(12-16)17-8-4-6-15(11-17)13-20(2)3/h4-12H,13H2,1-3H3,(H,21,22)/b14-10+. The third-order valence-electron chi connectivity index (χ3n) is 3.42. The molecule has 3 nitrogen and oxygen atoms in total. The van der Waals surface area contributed by atoms with Crippen molar-refractivity contribution in [2.75, 3.05) is 14.1 Å². The fourth-order valence-corrected chi connectivity index (χ4v) is 2.43. The first-order valence-corrected chi connectivity index (χ1v) is 7.21. The fourth-order valence-electron chi connectivity index (χ4n) is 2.43. The van der Waals surface area contributed by atoms with Crippen LogP contribution >= 0.6 is 0 Å². The Kier molecular flexibility index (Phi) is 5.12. The molecule has 0 saturated carbocycles. The van der Waals surface area contributed by atoms with E-state index in [0.29, 0.717) is 0 Å². The second kappa shape index (κ2) is 7.05. The van der Waals surface area contributed by atoms with E-state index in [0.717, 1.165) is 28.8 Å². The molecule has 3 heteroatoms. The molecule has 2 aromatic carbocycles. The largest absolute Gasteiger partial charge is 0.478 e. The number of nitrogens with zero attached hydrogens (tertiary/aromatic N) is 1. The van der Waals surface area contributed by atoms with E-state index < -0.39 is 5.97 Å². The Morgan fingerprint density at radius 2 is 1.73 bits per heavy atom. The molecule has 0 fully saturated rings. The lowest BCUT2D eigenvalue weighted by atomic mass is 9.98. The second-order valence-electron chi connectivity index (χ2n) is 5.68. The van der Waals surface area contributed by atoms with Crippen molar-refractivity contribution in [3.8, 4) is 11.1 Å². The van der Waals surface area contributed by atoms with Gasteiger partial charge >= 0.3 is 5.97 Å². The van der Waals surface area contributed by atoms with Crippen LogP contribution in [0.5, 0.6) is 0 Å². The van der Waals surface area contributed by atoms with E-state index in [-0.39, 0.29) is 0 Å². The van der Waals surface area contributed by atoms with Gasteiger partial charge in [-0.25, -0.2) is 4.79 Å². The molecule has 0 aliphatic heterocycles. The summed E-state index contributed by atoms with van der Waals surface area (Å²) in [6, 6.07) is 16.4. The zero-order valence-electron chi connectivity index (χ0n) is 13.2. The van der Waals surface area contributed by atoms with E-state index >= 15 is 0 Å². The minimum atomic E-state index is -0.920. The highest BCUT2D eigenvalue weighted by molar-refractivity contribution is 5.90. The maximum atomic E-state index is 10.8. The lowest BCUT2D eigenvalue weighted by Crippen LogP contribution is -2.10. The normalized spacial score (nSPS) is 11.7. The Morgan fingerprint density at radius 3 is 2.36 bits per heavy atom. The van der Waals surface area contributed by atoms with Crippen LogP contribution < -0.4 is 0 Å². The smallest absolute Gasteiger partial charge is 0.328 e. The van der Waals surface area contributed by atoms with Crippen molar-refractivity contribution in [2.45, 2.75) is 13.5 Å². The van der Waals surface area contributed by atoms with Crippen molar-refractivity contribution in [2.24, 2.45) is 0 Å². The second-order valence-corrected chi connectivity index (χ2v) is 5.68. The van der Waals surface area contributed by atoms with E-state index in [4.69, 9.17) is 5.11 Å². The minimum absolute atomic E-state index is 0.749. The first-order valence-electron chi connectivity index (χ1n) is 7.21. The Hall–Kier alpha value is -2.39. The molecule has 1 N–H and O–H groups in total. The average Bonchev–Trinajstić information content (AvgIpc) is 2.46. The zero-order chi connectivity index (χ0) is 16.1. The minimum Gasteiger partial charge on any atom is -0.478 e. The Morgan fingerprint density at radius 1 is 1.09 bits per heavy atom. The van der Waals surface area contributed by atoms with Gasteiger partial charge in [0.1, 0.15) is 0 Å². The molecule has 0 unspecified atom stereocenters. The molecule has 0 atom stereocenters. The molecule has 2 aromatic rings. The van der Waals surface area contributed by atoms with Crippen LogP contribution in [-0.2, 0) is 11.3 Å². The summed E-state index contributed by atoms with van der Waals surface area (Å²) in [5.41, 5.74) is 5.17. The van der Waals surface area contributed by atoms with E-state index in [1.807, 2.05) is 45.3 Å². The van der Waals surface area contributed by atoms with Gasteiger partial charge in [0.25, 0.3) is 0 Å². The first-order chi connectivity index (χ1) is 10.5. The molecular weight excluding hydrogens is 274 g/mol. The Labute approximate surface area is 131 Å². The number of carboxylic acid groups (broad SMARTS) is 1. The van der Waals surface area contributed by atoms with Crippen LogP contribution in [0.4, 0.5) is 0 Å². The van der Waals surface area contributed by atoms with Gasteiger partial charge in [0, 0.05) is 12.6 Å². The number of benzene rings is 2. The predicted molar refractivity (Wildman–Crippen MR) is 90.6 cm³/mol. The van der Waals surface area contributed by atoms with Crippen LogP contribution in [0.3, 0.4) is 0 Å². The SMILES string of the molecule is C/C(=C\C(=O)O)c1cccc(-c2cccc(CN(C)C)c2)c1. The Bertz CT molecular complexity index is 702. The number of aliphatic carboxylic acids is 1. The van der Waals surface area contributed by atoms with Crippen LogP contribution in [0.2, 0.25) is 0 Å². The van der Waals surface area contributed by atoms with Gasteiger partial charge in [0.05, 0.1) is 0 Å². The highest BCUT2D eigenvalue weighted by Crippen LogP contribution is 2.24. The summed E-state index contributed by atoms with van der Waals surface area (Å²) in [6.07, 6.45) is 1.24. The molecule has 0 spiro atoms. The van der Waals surface area contributed by atoms with Crippen molar-refractivity contribution in [1.82, 2.24) is 4.90 Å². The van der Waals surface area contributed by atoms with E-state index in [1.165, 1.54) is 11.6 Å². The van der Waals surface area contributed by atoms with Gasteiger partial charge in [-0.3, -0.25) is 0 Å². The lowest BCUT2D eigenvalue weighted by Gasteiger charge is -2.11. The van der Waals surface area contributed by atoms with Gasteiger partial charge in [-0.1, -0.05) is 36.4 Å². The van der Waals surface area contributed by atoms with Crippen LogP contribution in [0.15, 0.2) is 54.6 Å². The molecule has 0 radical (unpaired) electrons. The van der Waals surface area contributed by atoms with Gasteiger partial charge in [0.2, 0.25) is 0 Å². The summed E-state index contributed by atoms with van der Waals surface area (Å²) in [4.78, 5) is 12.9. The Balaban J connectivity index is 2.35. The summed E-state index contributed by atoms with van der Waals surface area (Å²) in [7, 11) is 4.10. The summed E-state index contributed by atoms with van der Waals surface area (Å²) < 4.78 is 0. The summed E-state index contributed by atoms with van der Waals surface area (Å²) in [5.74, 6) is -0.920. The summed E-state index contributed by atoms with van der Waals surface area (Å²) in [5, 5.41) is 8.87. The zero-order valence-corrected chi connectivity index (χ0v) is 13.2. The fraction of sp³-hybridized carbons (Fsp3) is 0.211. The van der Waals surface area contributed by atoms with Gasteiger partial charge in [-0.2, -0.15) is 0 Å². The van der Waals surface area contributed by atoms with Gasteiger partial charge in [-0.15, -0.1) is 0 Å². The molecule has 0 amide bonds. The average molecular weight is 295 g/mol. The van der Waals surface area contributed by atoms with Gasteiger partial charge in [-0.05, 0) is 61.0 Å². The third-order valence-corrected chi connectivity index (χ3v) is 3.42. The molecule has 114 valence electrons. The topological polar surface area (TPSA) is 40.5 Å². The van der Waals surface area contributed by atoms with Crippen molar-refractivity contribution >= 4 is 11.5 Å². The highest BCUT2D eigenvalue weighted by atomic mass is 16.4. The monoisotopic (exact) mass is 295 g/mol. The van der Waals surface area contributed by atoms with E-state index in [2.05, 4.69) is 29.2 Å².